The lowest BCUT2D eigenvalue weighted by Crippen LogP contribution is -2.42. The maximum Gasteiger partial charge on any atom is 0.229 e. The van der Waals surface area contributed by atoms with Crippen LogP contribution >= 0.6 is 11.6 Å². The highest BCUT2D eigenvalue weighted by atomic mass is 35.5. The predicted molar refractivity (Wildman–Crippen MR) is 115 cm³/mol. The average molecular weight is 435 g/mol. The van der Waals surface area contributed by atoms with E-state index in [-0.39, 0.29) is 12.2 Å². The number of ketones is 1. The average Bonchev–Trinajstić information content (AvgIpc) is 3.09. The van der Waals surface area contributed by atoms with E-state index in [0.29, 0.717) is 54.2 Å². The molecule has 2 aromatic rings. The third kappa shape index (κ3) is 5.00. The minimum Gasteiger partial charge on any atom is -0.495 e. The van der Waals surface area contributed by atoms with E-state index in [1.165, 1.54) is 6.20 Å². The molecule has 2 N–H and O–H groups in total. The Bertz CT molecular complexity index is 907. The molecule has 0 amide bonds. The maximum atomic E-state index is 12.6. The van der Waals surface area contributed by atoms with Gasteiger partial charge in [0.15, 0.2) is 5.78 Å². The molecular formula is C21H27ClN4O4. The van der Waals surface area contributed by atoms with Gasteiger partial charge in [0.25, 0.3) is 0 Å². The van der Waals surface area contributed by atoms with Crippen molar-refractivity contribution in [3.8, 4) is 5.75 Å². The summed E-state index contributed by atoms with van der Waals surface area (Å²) in [6, 6.07) is 5.47. The quantitative estimate of drug-likeness (QED) is 0.580. The molecule has 0 bridgehead atoms. The van der Waals surface area contributed by atoms with E-state index < -0.39 is 5.72 Å². The fourth-order valence-corrected chi connectivity index (χ4v) is 3.72. The zero-order valence-electron chi connectivity index (χ0n) is 17.4. The summed E-state index contributed by atoms with van der Waals surface area (Å²) < 4.78 is 10.2. The van der Waals surface area contributed by atoms with Gasteiger partial charge in [-0.25, -0.2) is 4.98 Å². The molecule has 1 aliphatic heterocycles. The van der Waals surface area contributed by atoms with Crippen molar-refractivity contribution in [1.82, 2.24) is 9.97 Å². The van der Waals surface area contributed by atoms with Crippen molar-refractivity contribution in [2.45, 2.75) is 38.5 Å². The second kappa shape index (κ2) is 9.59. The number of ether oxygens (including phenoxy) is 2. The van der Waals surface area contributed by atoms with E-state index in [9.17, 15) is 9.90 Å². The highest BCUT2D eigenvalue weighted by molar-refractivity contribution is 6.32. The number of hydrogen-bond donors (Lipinski definition) is 2. The Kier molecular flexibility index (Phi) is 7.12. The minimum atomic E-state index is -1.01. The van der Waals surface area contributed by atoms with Crippen LogP contribution in [-0.4, -0.2) is 54.0 Å². The molecule has 162 valence electrons. The Hall–Kier alpha value is -2.42. The molecule has 1 saturated heterocycles. The smallest absolute Gasteiger partial charge is 0.229 e. The fraction of sp³-hybridized carbons (Fsp3) is 0.476. The molecule has 0 saturated carbocycles. The van der Waals surface area contributed by atoms with Crippen LogP contribution in [0.15, 0.2) is 24.4 Å². The second-order valence-corrected chi connectivity index (χ2v) is 7.80. The predicted octanol–water partition coefficient (Wildman–Crippen LogP) is 3.28. The number of aliphatic hydroxyl groups is 1. The Morgan fingerprint density at radius 3 is 2.83 bits per heavy atom. The summed E-state index contributed by atoms with van der Waals surface area (Å²) in [6.45, 7) is 3.11. The first-order chi connectivity index (χ1) is 14.4. The molecule has 1 fully saturated rings. The van der Waals surface area contributed by atoms with Crippen molar-refractivity contribution in [1.29, 1.82) is 0 Å². The van der Waals surface area contributed by atoms with Crippen LogP contribution in [0.5, 0.6) is 5.75 Å². The first-order valence-electron chi connectivity index (χ1n) is 9.81. The van der Waals surface area contributed by atoms with Crippen LogP contribution < -0.4 is 15.0 Å². The maximum absolute atomic E-state index is 12.6. The number of rotatable bonds is 9. The number of halogens is 1. The van der Waals surface area contributed by atoms with Crippen LogP contribution in [0, 0.1) is 0 Å². The van der Waals surface area contributed by atoms with Gasteiger partial charge in [-0.05, 0) is 37.5 Å². The molecule has 1 aromatic heterocycles. The molecule has 0 radical (unpaired) electrons. The van der Waals surface area contributed by atoms with Crippen LogP contribution in [0.2, 0.25) is 5.02 Å². The summed E-state index contributed by atoms with van der Waals surface area (Å²) >= 11 is 6.21. The summed E-state index contributed by atoms with van der Waals surface area (Å²) in [7, 11) is 3.11. The van der Waals surface area contributed by atoms with Crippen molar-refractivity contribution < 1.29 is 19.4 Å². The Labute approximate surface area is 181 Å². The highest BCUT2D eigenvalue weighted by Gasteiger charge is 2.36. The van der Waals surface area contributed by atoms with E-state index >= 15 is 0 Å². The summed E-state index contributed by atoms with van der Waals surface area (Å²) in [5, 5.41) is 14.3. The van der Waals surface area contributed by atoms with Gasteiger partial charge in [-0.2, -0.15) is 4.98 Å². The van der Waals surface area contributed by atoms with Crippen molar-refractivity contribution in [2.75, 3.05) is 37.6 Å². The lowest BCUT2D eigenvalue weighted by atomic mass is 10.1. The van der Waals surface area contributed by atoms with Crippen molar-refractivity contribution >= 4 is 29.2 Å². The molecule has 1 aromatic carbocycles. The minimum absolute atomic E-state index is 0.119. The number of carbonyl (C=O) groups excluding carboxylic acids is 1. The molecule has 1 atom stereocenters. The highest BCUT2D eigenvalue weighted by Crippen LogP contribution is 2.31. The van der Waals surface area contributed by atoms with E-state index in [2.05, 4.69) is 15.3 Å². The Morgan fingerprint density at radius 1 is 1.40 bits per heavy atom. The molecule has 0 unspecified atom stereocenters. The zero-order chi connectivity index (χ0) is 21.7. The monoisotopic (exact) mass is 434 g/mol. The topological polar surface area (TPSA) is 96.8 Å². The molecule has 1 aliphatic rings. The summed E-state index contributed by atoms with van der Waals surface area (Å²) in [5.41, 5.74) is 0.279. The van der Waals surface area contributed by atoms with Crippen LogP contribution in [0.1, 0.15) is 42.1 Å². The summed E-state index contributed by atoms with van der Waals surface area (Å²) in [5.74, 6) is 1.27. The van der Waals surface area contributed by atoms with Crippen LogP contribution in [0.3, 0.4) is 0 Å². The summed E-state index contributed by atoms with van der Waals surface area (Å²) in [6.07, 6.45) is 3.22. The second-order valence-electron chi connectivity index (χ2n) is 7.39. The molecule has 0 spiro atoms. The van der Waals surface area contributed by atoms with Crippen LogP contribution in [-0.2, 0) is 11.3 Å². The molecule has 0 aliphatic carbocycles. The normalized spacial score (nSPS) is 18.5. The zero-order valence-corrected chi connectivity index (χ0v) is 18.2. The van der Waals surface area contributed by atoms with Gasteiger partial charge in [-0.3, -0.25) is 4.79 Å². The standard InChI is InChI=1S/C21H27ClN4O4/c1-21(28)8-4-9-26(21)20-24-13-15(17(27)7-10-29-2)19(25-20)23-12-14-5-6-18(30-3)16(22)11-14/h5-6,11,13,28H,4,7-10,12H2,1-3H3,(H,23,24,25)/t21-/m0/s1. The van der Waals surface area contributed by atoms with E-state index in [1.807, 2.05) is 6.07 Å². The number of hydrogen-bond acceptors (Lipinski definition) is 8. The van der Waals surface area contributed by atoms with Crippen molar-refractivity contribution in [3.63, 3.8) is 0 Å². The number of carbonyl (C=O) groups is 1. The van der Waals surface area contributed by atoms with Crippen molar-refractivity contribution in [2.24, 2.45) is 0 Å². The van der Waals surface area contributed by atoms with Gasteiger partial charge in [0.2, 0.25) is 5.95 Å². The number of methoxy groups -OCH3 is 2. The van der Waals surface area contributed by atoms with E-state index in [4.69, 9.17) is 21.1 Å². The van der Waals surface area contributed by atoms with Gasteiger partial charge < -0.3 is 24.8 Å². The molecule has 30 heavy (non-hydrogen) atoms. The van der Waals surface area contributed by atoms with Gasteiger partial charge >= 0.3 is 0 Å². The van der Waals surface area contributed by atoms with Crippen molar-refractivity contribution in [3.05, 3.63) is 40.5 Å². The summed E-state index contributed by atoms with van der Waals surface area (Å²) in [4.78, 5) is 23.3. The molecule has 3 rings (SSSR count). The lowest BCUT2D eigenvalue weighted by Gasteiger charge is -2.30. The van der Waals surface area contributed by atoms with E-state index in [0.717, 1.165) is 12.0 Å². The van der Waals surface area contributed by atoms with Gasteiger partial charge in [-0.15, -0.1) is 0 Å². The first kappa shape index (κ1) is 22.3. The third-order valence-corrected chi connectivity index (χ3v) is 5.44. The van der Waals surface area contributed by atoms with Crippen LogP contribution in [0.4, 0.5) is 11.8 Å². The molecule has 9 heteroatoms. The molecule has 2 heterocycles. The Balaban J connectivity index is 1.87. The molecular weight excluding hydrogens is 408 g/mol. The number of nitrogens with one attached hydrogen (secondary N) is 1. The fourth-order valence-electron chi connectivity index (χ4n) is 3.44. The first-order valence-corrected chi connectivity index (χ1v) is 10.2. The SMILES string of the molecule is COCCC(=O)c1cnc(N2CCC[C@]2(C)O)nc1NCc1ccc(OC)c(Cl)c1. The number of Topliss-reactive ketones (excluding diaryl/α,β-unsaturated/α-hetero) is 1. The number of nitrogens with zero attached hydrogens (tertiary/aromatic N) is 3. The lowest BCUT2D eigenvalue weighted by molar-refractivity contribution is 0.0701. The number of aromatic nitrogens is 2. The van der Waals surface area contributed by atoms with Gasteiger partial charge in [0, 0.05) is 32.8 Å². The number of anilines is 2. The van der Waals surface area contributed by atoms with Gasteiger partial charge in [0.05, 0.1) is 24.3 Å². The number of benzene rings is 1. The largest absolute Gasteiger partial charge is 0.495 e. The Morgan fingerprint density at radius 2 is 2.20 bits per heavy atom. The van der Waals surface area contributed by atoms with Gasteiger partial charge in [-0.1, -0.05) is 17.7 Å². The van der Waals surface area contributed by atoms with Crippen LogP contribution in [0.25, 0.3) is 0 Å². The van der Waals surface area contributed by atoms with E-state index in [1.54, 1.807) is 38.2 Å². The molecule has 8 nitrogen and oxygen atoms in total. The van der Waals surface area contributed by atoms with Gasteiger partial charge in [0.1, 0.15) is 17.3 Å². The third-order valence-electron chi connectivity index (χ3n) is 5.14.